The number of nitrogens with zero attached hydrogens (tertiary/aromatic N) is 1. The van der Waals surface area contributed by atoms with Gasteiger partial charge in [-0.05, 0) is 101 Å². The van der Waals surface area contributed by atoms with Gasteiger partial charge in [0.2, 0.25) is 0 Å². The minimum absolute atomic E-state index is 0. The number of alkyl halides is 12. The van der Waals surface area contributed by atoms with E-state index in [4.69, 9.17) is 9.47 Å². The quantitative estimate of drug-likeness (QED) is 0.142. The molecule has 6 rings (SSSR count). The van der Waals surface area contributed by atoms with Gasteiger partial charge in [0.25, 0.3) is 0 Å². The molecule has 0 bridgehead atoms. The summed E-state index contributed by atoms with van der Waals surface area (Å²) in [6.07, 6.45) is -16.4. The van der Waals surface area contributed by atoms with Crippen molar-refractivity contribution in [2.45, 2.75) is 135 Å². The molecule has 0 unspecified atom stereocenters. The predicted octanol–water partition coefficient (Wildman–Crippen LogP) is 12.8. The lowest BCUT2D eigenvalue weighted by molar-refractivity contribution is -0.960. The molecule has 4 aromatic rings. The molecule has 0 aromatic heterocycles. The number of quaternary nitrogens is 1. The fraction of sp³-hybridized carbons (Fsp3) is 0.510. The number of halogens is 13. The van der Waals surface area contributed by atoms with Crippen LogP contribution >= 0.6 is 0 Å². The predicted molar refractivity (Wildman–Crippen MR) is 223 cm³/mol. The lowest BCUT2D eigenvalue weighted by atomic mass is 9.76. The summed E-state index contributed by atoms with van der Waals surface area (Å²) in [4.78, 5) is 0. The molecule has 0 radical (unpaired) electrons. The zero-order chi connectivity index (χ0) is 47.9. The van der Waals surface area contributed by atoms with Gasteiger partial charge in [0, 0.05) is 39.3 Å². The van der Waals surface area contributed by atoms with Crippen molar-refractivity contribution >= 4 is 0 Å². The molecule has 0 N–H and O–H groups in total. The van der Waals surface area contributed by atoms with Crippen LogP contribution in [-0.2, 0) is 48.6 Å². The lowest BCUT2D eigenvalue weighted by Gasteiger charge is -2.45. The van der Waals surface area contributed by atoms with Crippen molar-refractivity contribution in [1.29, 1.82) is 0 Å². The van der Waals surface area contributed by atoms with Gasteiger partial charge in [0.15, 0.2) is 0 Å². The van der Waals surface area contributed by atoms with E-state index < -0.39 is 68.9 Å². The highest BCUT2D eigenvalue weighted by Crippen LogP contribution is 2.56. The Balaban J connectivity index is 0.00000793. The SMILES string of the molecule is COc1c(C(C)(C)C)cc2c(c1-c1cc(C(F)(F)F)cc(C(F)(F)F)c1)C[N+](C)([C@@H](C)C1CCCCC1)Cc1c-2cc(C(C)(C)C)c(OC)c1-c1cc(C(F)(F)F)cc(C(F)(F)F)c1.[Br-]. The zero-order valence-corrected chi connectivity index (χ0v) is 39.5. The first-order chi connectivity index (χ1) is 29.2. The normalized spacial score (nSPS) is 16.8. The first-order valence-corrected chi connectivity index (χ1v) is 21.1. The maximum absolute atomic E-state index is 14.6. The summed E-state index contributed by atoms with van der Waals surface area (Å²) in [6, 6.07) is 6.02. The van der Waals surface area contributed by atoms with E-state index >= 15 is 0 Å². The van der Waals surface area contributed by atoms with Crippen LogP contribution in [0.2, 0.25) is 0 Å². The van der Waals surface area contributed by atoms with Gasteiger partial charge < -0.3 is 30.9 Å². The van der Waals surface area contributed by atoms with E-state index in [0.29, 0.717) is 57.6 Å². The molecule has 1 aliphatic carbocycles. The number of fused-ring (bicyclic) bond motifs is 3. The van der Waals surface area contributed by atoms with E-state index in [2.05, 4.69) is 0 Å². The average molecular weight is 997 g/mol. The van der Waals surface area contributed by atoms with Crippen LogP contribution in [0.25, 0.3) is 33.4 Å². The van der Waals surface area contributed by atoms with Crippen molar-refractivity contribution in [2.75, 3.05) is 21.3 Å². The van der Waals surface area contributed by atoms with Crippen molar-refractivity contribution in [1.82, 2.24) is 0 Å². The van der Waals surface area contributed by atoms with Crippen molar-refractivity contribution < 1.29 is 83.6 Å². The average Bonchev–Trinajstić information content (AvgIpc) is 3.30. The highest BCUT2D eigenvalue weighted by molar-refractivity contribution is 5.91. The van der Waals surface area contributed by atoms with Crippen LogP contribution < -0.4 is 26.5 Å². The van der Waals surface area contributed by atoms with Crippen LogP contribution in [0.1, 0.15) is 125 Å². The molecule has 0 saturated heterocycles. The Bertz CT molecular complexity index is 2190. The molecule has 2 aliphatic rings. The van der Waals surface area contributed by atoms with Gasteiger partial charge in [0.1, 0.15) is 24.6 Å². The fourth-order valence-electron chi connectivity index (χ4n) is 9.76. The molecular weight excluding hydrogens is 942 g/mol. The largest absolute Gasteiger partial charge is 1.00 e. The van der Waals surface area contributed by atoms with Crippen molar-refractivity contribution in [3.8, 4) is 44.9 Å². The molecule has 1 fully saturated rings. The van der Waals surface area contributed by atoms with E-state index in [-0.39, 0.29) is 81.3 Å². The molecule has 4 aromatic carbocycles. The molecule has 1 heterocycles. The molecule has 65 heavy (non-hydrogen) atoms. The van der Waals surface area contributed by atoms with E-state index in [1.165, 1.54) is 14.2 Å². The molecule has 1 aliphatic heterocycles. The topological polar surface area (TPSA) is 18.5 Å². The lowest BCUT2D eigenvalue weighted by Crippen LogP contribution is -3.00. The third-order valence-electron chi connectivity index (χ3n) is 13.2. The zero-order valence-electron chi connectivity index (χ0n) is 37.9. The van der Waals surface area contributed by atoms with Gasteiger partial charge in [-0.1, -0.05) is 60.8 Å². The molecule has 1 saturated carbocycles. The summed E-state index contributed by atoms with van der Waals surface area (Å²) in [5.41, 5.74) is -6.69. The third kappa shape index (κ3) is 10.3. The highest BCUT2D eigenvalue weighted by atomic mass is 79.9. The van der Waals surface area contributed by atoms with Gasteiger partial charge in [0.05, 0.1) is 49.6 Å². The Morgan fingerprint density at radius 2 is 0.815 bits per heavy atom. The Hall–Kier alpha value is -3.92. The minimum atomic E-state index is -5.19. The summed E-state index contributed by atoms with van der Waals surface area (Å²) in [5, 5.41) is 0. The van der Waals surface area contributed by atoms with Crippen molar-refractivity contribution in [3.63, 3.8) is 0 Å². The summed E-state index contributed by atoms with van der Waals surface area (Å²) in [7, 11) is 4.45. The molecule has 3 nitrogen and oxygen atoms in total. The number of benzene rings is 4. The second-order valence-electron chi connectivity index (χ2n) is 19.7. The Morgan fingerprint density at radius 3 is 1.08 bits per heavy atom. The number of methoxy groups -OCH3 is 2. The summed E-state index contributed by atoms with van der Waals surface area (Å²) in [6.45, 7) is 12.7. The van der Waals surface area contributed by atoms with Gasteiger partial charge in [-0.15, -0.1) is 0 Å². The molecule has 1 atom stereocenters. The monoisotopic (exact) mass is 995 g/mol. The van der Waals surface area contributed by atoms with Crippen LogP contribution in [0.15, 0.2) is 48.5 Å². The number of hydrogen-bond donors (Lipinski definition) is 0. The maximum Gasteiger partial charge on any atom is 0.416 e. The maximum atomic E-state index is 14.6. The second kappa shape index (κ2) is 17.6. The van der Waals surface area contributed by atoms with Gasteiger partial charge in [-0.2, -0.15) is 52.7 Å². The summed E-state index contributed by atoms with van der Waals surface area (Å²) < 4.78 is 188. The number of ether oxygens (including phenoxy) is 2. The first kappa shape index (κ1) is 52.1. The van der Waals surface area contributed by atoms with Crippen LogP contribution in [0.3, 0.4) is 0 Å². The molecule has 0 spiro atoms. The fourth-order valence-corrected chi connectivity index (χ4v) is 9.76. The van der Waals surface area contributed by atoms with Crippen molar-refractivity contribution in [3.05, 3.63) is 93.0 Å². The van der Waals surface area contributed by atoms with Crippen LogP contribution in [0.4, 0.5) is 52.7 Å². The molecule has 358 valence electrons. The van der Waals surface area contributed by atoms with Crippen LogP contribution in [0.5, 0.6) is 11.5 Å². The second-order valence-corrected chi connectivity index (χ2v) is 19.7. The summed E-state index contributed by atoms with van der Waals surface area (Å²) in [5.74, 6) is 0.144. The molecule has 0 amide bonds. The van der Waals surface area contributed by atoms with Crippen LogP contribution in [-0.4, -0.2) is 31.8 Å². The van der Waals surface area contributed by atoms with E-state index in [0.717, 1.165) is 32.1 Å². The minimum Gasteiger partial charge on any atom is -1.00 e. The molecule has 16 heteroatoms. The smallest absolute Gasteiger partial charge is 0.416 e. The number of hydrogen-bond acceptors (Lipinski definition) is 2. The van der Waals surface area contributed by atoms with Crippen molar-refractivity contribution in [2.24, 2.45) is 5.92 Å². The van der Waals surface area contributed by atoms with E-state index in [1.807, 2.05) is 14.0 Å². The Kier molecular flexibility index (Phi) is 14.1. The van der Waals surface area contributed by atoms with E-state index in [1.54, 1.807) is 53.7 Å². The third-order valence-corrected chi connectivity index (χ3v) is 13.2. The van der Waals surface area contributed by atoms with Crippen LogP contribution in [0, 0.1) is 5.92 Å². The first-order valence-electron chi connectivity index (χ1n) is 21.1. The van der Waals surface area contributed by atoms with E-state index in [9.17, 15) is 52.7 Å². The van der Waals surface area contributed by atoms with Gasteiger partial charge in [-0.25, -0.2) is 0 Å². The highest BCUT2D eigenvalue weighted by Gasteiger charge is 2.46. The van der Waals surface area contributed by atoms with Gasteiger partial charge >= 0.3 is 24.7 Å². The number of rotatable bonds is 6. The summed E-state index contributed by atoms with van der Waals surface area (Å²) >= 11 is 0. The molecular formula is C49H54BrF12NO2. The Morgan fingerprint density at radius 1 is 0.508 bits per heavy atom. The van der Waals surface area contributed by atoms with Gasteiger partial charge in [-0.3, -0.25) is 0 Å². The Labute approximate surface area is 382 Å². The standard InChI is InChI=1S/C49H54F12NO2.BrH/c1-26(27-14-12-11-13-15-27)62(8)24-36-34(22-38(44(2,3)4)42(63-9)40(36)28-16-30(46(50,51)52)20-31(17-28)47(53,54)55)35-23-39(45(5,6)7)43(64-10)41(37(35)25-62)29-18-32(48(56,57)58)21-33(19-29)49(59,60)61;/h16-23,26-27H,11-15,24-25H2,1-10H3;1H/q+1;/p-1/t26-;/m0./s1.